The maximum absolute atomic E-state index is 8.49. The van der Waals surface area contributed by atoms with E-state index in [9.17, 15) is 0 Å². The van der Waals surface area contributed by atoms with Crippen molar-refractivity contribution in [3.8, 4) is 6.07 Å². The third-order valence-corrected chi connectivity index (χ3v) is 1.27. The van der Waals surface area contributed by atoms with Crippen LogP contribution in [0.4, 0.5) is 0 Å². The van der Waals surface area contributed by atoms with Crippen LogP contribution in [-0.2, 0) is 0 Å². The summed E-state index contributed by atoms with van der Waals surface area (Å²) in [5.41, 5.74) is 6.08. The molecule has 0 bridgehead atoms. The summed E-state index contributed by atoms with van der Waals surface area (Å²) in [7, 11) is 0. The monoisotopic (exact) mass is 197 g/mol. The van der Waals surface area contributed by atoms with E-state index in [-0.39, 0.29) is 18.2 Å². The van der Waals surface area contributed by atoms with E-state index in [2.05, 4.69) is 10.1 Å². The first-order chi connectivity index (χ1) is 5.77. The van der Waals surface area contributed by atoms with E-state index in [0.29, 0.717) is 11.4 Å². The lowest BCUT2D eigenvalue weighted by molar-refractivity contribution is 1.18. The summed E-state index contributed by atoms with van der Waals surface area (Å²) in [6, 6.07) is 6.76. The molecule has 5 nitrogen and oxygen atoms in total. The van der Waals surface area contributed by atoms with Crippen molar-refractivity contribution in [1.29, 1.82) is 5.26 Å². The summed E-state index contributed by atoms with van der Waals surface area (Å²) in [5.74, 6) is 5.05. The van der Waals surface area contributed by atoms with Gasteiger partial charge < -0.3 is 11.6 Å². The molecule has 0 amide bonds. The molecule has 0 atom stereocenters. The second-order valence-corrected chi connectivity index (χ2v) is 2.03. The second kappa shape index (κ2) is 4.95. The average molecular weight is 198 g/mol. The number of amidine groups is 1. The summed E-state index contributed by atoms with van der Waals surface area (Å²) >= 11 is 0. The molecule has 0 spiro atoms. The van der Waals surface area contributed by atoms with Gasteiger partial charge in [-0.3, -0.25) is 0 Å². The van der Waals surface area contributed by atoms with Gasteiger partial charge in [0.25, 0.3) is 0 Å². The highest BCUT2D eigenvalue weighted by Gasteiger charge is 1.99. The maximum atomic E-state index is 8.49. The van der Waals surface area contributed by atoms with Crippen LogP contribution in [-0.4, -0.2) is 10.8 Å². The zero-order valence-corrected chi connectivity index (χ0v) is 7.45. The van der Waals surface area contributed by atoms with Crippen LogP contribution in [0.5, 0.6) is 0 Å². The zero-order chi connectivity index (χ0) is 8.97. The number of nitriles is 1. The summed E-state index contributed by atoms with van der Waals surface area (Å²) in [6.45, 7) is 0. The van der Waals surface area contributed by atoms with Gasteiger partial charge in [-0.2, -0.15) is 10.4 Å². The van der Waals surface area contributed by atoms with Gasteiger partial charge in [0.15, 0.2) is 5.84 Å². The number of hydrogen-bond donors (Lipinski definition) is 2. The third-order valence-electron chi connectivity index (χ3n) is 1.27. The lowest BCUT2D eigenvalue weighted by atomic mass is 10.3. The molecule has 13 heavy (non-hydrogen) atoms. The van der Waals surface area contributed by atoms with Gasteiger partial charge in [-0.1, -0.05) is 6.07 Å². The Morgan fingerprint density at radius 3 is 2.77 bits per heavy atom. The Bertz CT molecular complexity index is 354. The number of hydrogen-bond acceptors (Lipinski definition) is 4. The Morgan fingerprint density at radius 2 is 2.23 bits per heavy atom. The summed E-state index contributed by atoms with van der Waals surface area (Å²) in [6.07, 6.45) is 0. The fourth-order valence-electron chi connectivity index (χ4n) is 0.706. The number of rotatable bonds is 1. The first-order valence-electron chi connectivity index (χ1n) is 3.19. The van der Waals surface area contributed by atoms with Gasteiger partial charge in [-0.25, -0.2) is 4.98 Å². The van der Waals surface area contributed by atoms with Crippen LogP contribution in [0.15, 0.2) is 23.3 Å². The van der Waals surface area contributed by atoms with Crippen molar-refractivity contribution in [1.82, 2.24) is 4.98 Å². The molecule has 0 aromatic carbocycles. The third kappa shape index (κ3) is 2.61. The van der Waals surface area contributed by atoms with Gasteiger partial charge in [0.2, 0.25) is 0 Å². The van der Waals surface area contributed by atoms with E-state index in [1.807, 2.05) is 6.07 Å². The first-order valence-corrected chi connectivity index (χ1v) is 3.19. The largest absolute Gasteiger partial charge is 0.380 e. The molecular formula is C7H8ClN5. The summed E-state index contributed by atoms with van der Waals surface area (Å²) in [4.78, 5) is 3.87. The van der Waals surface area contributed by atoms with Gasteiger partial charge in [-0.05, 0) is 12.1 Å². The van der Waals surface area contributed by atoms with Gasteiger partial charge in [-0.15, -0.1) is 12.4 Å². The van der Waals surface area contributed by atoms with Crippen LogP contribution in [0, 0.1) is 11.3 Å². The highest BCUT2D eigenvalue weighted by molar-refractivity contribution is 5.95. The molecular weight excluding hydrogens is 190 g/mol. The number of aromatic nitrogens is 1. The number of hydrazone groups is 1. The molecule has 0 saturated carbocycles. The highest BCUT2D eigenvalue weighted by Crippen LogP contribution is 1.96. The van der Waals surface area contributed by atoms with Crippen molar-refractivity contribution in [3.05, 3.63) is 29.6 Å². The standard InChI is InChI=1S/C7H7N5.ClH/c8-4-5-2-1-3-6(11-5)7(9)12-10;/h1-3H,10H2,(H2,9,12);1H. The predicted octanol–water partition coefficient (Wildman–Crippen LogP) is -0.0459. The fraction of sp³-hybridized carbons (Fsp3) is 0. The molecule has 0 aliphatic heterocycles. The maximum Gasteiger partial charge on any atom is 0.169 e. The minimum absolute atomic E-state index is 0. The van der Waals surface area contributed by atoms with Crippen molar-refractivity contribution in [2.45, 2.75) is 0 Å². The summed E-state index contributed by atoms with van der Waals surface area (Å²) < 4.78 is 0. The molecule has 0 fully saturated rings. The number of nitrogens with zero attached hydrogens (tertiary/aromatic N) is 3. The van der Waals surface area contributed by atoms with E-state index < -0.39 is 0 Å². The normalized spacial score (nSPS) is 9.92. The lowest BCUT2D eigenvalue weighted by Gasteiger charge is -1.96. The topological polar surface area (TPSA) is 101 Å². The molecule has 0 unspecified atom stereocenters. The van der Waals surface area contributed by atoms with Crippen LogP contribution in [0.25, 0.3) is 0 Å². The molecule has 1 rings (SSSR count). The number of pyridine rings is 1. The second-order valence-electron chi connectivity index (χ2n) is 2.03. The fourth-order valence-corrected chi connectivity index (χ4v) is 0.706. The van der Waals surface area contributed by atoms with E-state index >= 15 is 0 Å². The van der Waals surface area contributed by atoms with E-state index in [4.69, 9.17) is 16.8 Å². The summed E-state index contributed by atoms with van der Waals surface area (Å²) in [5, 5.41) is 11.7. The van der Waals surface area contributed by atoms with E-state index in [1.165, 1.54) is 0 Å². The van der Waals surface area contributed by atoms with Gasteiger partial charge in [0.1, 0.15) is 17.5 Å². The Balaban J connectivity index is 0.00000144. The molecule has 1 heterocycles. The quantitative estimate of drug-likeness (QED) is 0.285. The van der Waals surface area contributed by atoms with Gasteiger partial charge >= 0.3 is 0 Å². The van der Waals surface area contributed by atoms with E-state index in [0.717, 1.165) is 0 Å². The van der Waals surface area contributed by atoms with Crippen molar-refractivity contribution >= 4 is 18.2 Å². The number of halogens is 1. The Labute approximate surface area is 81.5 Å². The minimum atomic E-state index is 0. The van der Waals surface area contributed by atoms with Crippen LogP contribution in [0.3, 0.4) is 0 Å². The smallest absolute Gasteiger partial charge is 0.169 e. The van der Waals surface area contributed by atoms with Gasteiger partial charge in [0, 0.05) is 0 Å². The molecule has 0 aliphatic carbocycles. The SMILES string of the molecule is Cl.N#Cc1cccc(C(N)=NN)n1. The predicted molar refractivity (Wildman–Crippen MR) is 51.1 cm³/mol. The molecule has 0 aliphatic rings. The van der Waals surface area contributed by atoms with Crippen LogP contribution in [0.2, 0.25) is 0 Å². The molecule has 0 saturated heterocycles. The van der Waals surface area contributed by atoms with Crippen LogP contribution < -0.4 is 11.6 Å². The molecule has 68 valence electrons. The molecule has 1 aromatic rings. The first kappa shape index (κ1) is 11.2. The van der Waals surface area contributed by atoms with E-state index in [1.54, 1.807) is 18.2 Å². The highest BCUT2D eigenvalue weighted by atomic mass is 35.5. The van der Waals surface area contributed by atoms with Crippen molar-refractivity contribution < 1.29 is 0 Å². The Kier molecular flexibility index (Phi) is 4.27. The van der Waals surface area contributed by atoms with Crippen molar-refractivity contribution in [2.24, 2.45) is 16.7 Å². The van der Waals surface area contributed by atoms with Crippen molar-refractivity contribution in [3.63, 3.8) is 0 Å². The van der Waals surface area contributed by atoms with Crippen molar-refractivity contribution in [2.75, 3.05) is 0 Å². The Hall–Kier alpha value is -1.80. The zero-order valence-electron chi connectivity index (χ0n) is 6.64. The molecule has 0 radical (unpaired) electrons. The molecule has 4 N–H and O–H groups in total. The Morgan fingerprint density at radius 1 is 1.54 bits per heavy atom. The molecule has 1 aromatic heterocycles. The average Bonchev–Trinajstić information content (AvgIpc) is 2.17. The van der Waals surface area contributed by atoms with Crippen LogP contribution >= 0.6 is 12.4 Å². The molecule has 6 heteroatoms. The minimum Gasteiger partial charge on any atom is -0.380 e. The van der Waals surface area contributed by atoms with Gasteiger partial charge in [0.05, 0.1) is 0 Å². The van der Waals surface area contributed by atoms with Crippen LogP contribution in [0.1, 0.15) is 11.4 Å². The number of nitrogens with two attached hydrogens (primary N) is 2. The lowest BCUT2D eigenvalue weighted by Crippen LogP contribution is -2.17.